The van der Waals surface area contributed by atoms with Crippen LogP contribution in [-0.4, -0.2) is 83.4 Å². The van der Waals surface area contributed by atoms with Crippen molar-refractivity contribution in [1.82, 2.24) is 19.4 Å². The van der Waals surface area contributed by atoms with Crippen LogP contribution in [0.5, 0.6) is 5.75 Å². The van der Waals surface area contributed by atoms with Crippen LogP contribution in [0.3, 0.4) is 0 Å². The Kier molecular flexibility index (Phi) is 9.62. The molecule has 1 amide bonds. The fourth-order valence-electron chi connectivity index (χ4n) is 5.98. The number of anilines is 1. The zero-order chi connectivity index (χ0) is 33.3. The molecule has 1 aliphatic rings. The lowest BCUT2D eigenvalue weighted by atomic mass is 9.85. The number of carboxylic acid groups (broad SMARTS) is 1. The number of aliphatic carboxylic acids is 1. The number of nitrogens with zero attached hydrogens (tertiary/aromatic N) is 5. The van der Waals surface area contributed by atoms with E-state index < -0.39 is 19.6 Å². The number of hydrogen-bond donors (Lipinski definition) is 1. The summed E-state index contributed by atoms with van der Waals surface area (Å²) < 4.78 is 13.9. The van der Waals surface area contributed by atoms with E-state index in [0.717, 1.165) is 22.6 Å². The highest BCUT2D eigenvalue weighted by molar-refractivity contribution is 7.07. The number of para-hydroxylation sites is 2. The van der Waals surface area contributed by atoms with Gasteiger partial charge in [0.05, 0.1) is 35.9 Å². The Morgan fingerprint density at radius 1 is 1.11 bits per heavy atom. The number of ether oxygens (including phenoxy) is 2. The molecule has 1 fully saturated rings. The van der Waals surface area contributed by atoms with Crippen LogP contribution in [0.4, 0.5) is 5.95 Å². The first kappa shape index (κ1) is 33.6. The van der Waals surface area contributed by atoms with Crippen LogP contribution in [0.25, 0.3) is 11.0 Å². The van der Waals surface area contributed by atoms with Crippen molar-refractivity contribution in [3.63, 3.8) is 0 Å². The van der Waals surface area contributed by atoms with Gasteiger partial charge in [0.2, 0.25) is 5.95 Å². The minimum atomic E-state index is -1.61. The quantitative estimate of drug-likeness (QED) is 0.151. The molecule has 5 rings (SSSR count). The van der Waals surface area contributed by atoms with Gasteiger partial charge in [0.1, 0.15) is 12.5 Å². The molecule has 46 heavy (non-hydrogen) atoms. The molecule has 1 unspecified atom stereocenters. The smallest absolute Gasteiger partial charge is 0.331 e. The molecule has 1 saturated heterocycles. The van der Waals surface area contributed by atoms with Crippen molar-refractivity contribution >= 4 is 48.3 Å². The molecule has 1 N–H and O–H groups in total. The first-order chi connectivity index (χ1) is 21.7. The normalized spacial score (nSPS) is 17.5. The lowest BCUT2D eigenvalue weighted by Gasteiger charge is -2.48. The molecule has 1 aliphatic heterocycles. The predicted molar refractivity (Wildman–Crippen MR) is 185 cm³/mol. The zero-order valence-corrected chi connectivity index (χ0v) is 29.7. The third-order valence-corrected chi connectivity index (χ3v) is 10.9. The van der Waals surface area contributed by atoms with Gasteiger partial charge in [0.15, 0.2) is 5.54 Å². The Bertz CT molecular complexity index is 1690. The summed E-state index contributed by atoms with van der Waals surface area (Å²) in [6, 6.07) is 14.3. The van der Waals surface area contributed by atoms with E-state index >= 15 is 0 Å². The molecule has 3 heterocycles. The molecule has 12 heteroatoms. The highest BCUT2D eigenvalue weighted by Gasteiger charge is 2.52. The van der Waals surface area contributed by atoms with Crippen molar-refractivity contribution in [2.24, 2.45) is 0 Å². The molecule has 0 spiro atoms. The minimum absolute atomic E-state index is 0.0288. The summed E-state index contributed by atoms with van der Waals surface area (Å²) in [6.07, 6.45) is 0.0538. The summed E-state index contributed by atoms with van der Waals surface area (Å²) in [6.45, 7) is 14.7. The molecule has 4 aromatic rings. The van der Waals surface area contributed by atoms with E-state index in [9.17, 15) is 14.7 Å². The third-order valence-electron chi connectivity index (χ3n) is 8.55. The van der Waals surface area contributed by atoms with Gasteiger partial charge in [-0.15, -0.1) is 11.3 Å². The molecule has 2 aromatic heterocycles. The van der Waals surface area contributed by atoms with Crippen molar-refractivity contribution in [3.8, 4) is 5.75 Å². The molecular formula is C34H45N5O5SSi. The maximum absolute atomic E-state index is 14.3. The van der Waals surface area contributed by atoms with E-state index in [4.69, 9.17) is 14.5 Å². The number of carboxylic acids is 1. The summed E-state index contributed by atoms with van der Waals surface area (Å²) >= 11 is 1.40. The van der Waals surface area contributed by atoms with Crippen molar-refractivity contribution in [3.05, 3.63) is 70.2 Å². The molecule has 246 valence electrons. The van der Waals surface area contributed by atoms with E-state index in [1.807, 2.05) is 45.2 Å². The second-order valence-electron chi connectivity index (χ2n) is 14.2. The van der Waals surface area contributed by atoms with E-state index in [0.29, 0.717) is 42.8 Å². The zero-order valence-electron chi connectivity index (χ0n) is 27.9. The molecule has 10 nitrogen and oxygen atoms in total. The molecule has 0 aliphatic carbocycles. The van der Waals surface area contributed by atoms with Crippen molar-refractivity contribution < 1.29 is 24.2 Å². The summed E-state index contributed by atoms with van der Waals surface area (Å²) in [5, 5.41) is 12.9. The van der Waals surface area contributed by atoms with Crippen LogP contribution in [0.15, 0.2) is 53.4 Å². The Balaban J connectivity index is 1.53. The van der Waals surface area contributed by atoms with Gasteiger partial charge in [-0.1, -0.05) is 58.6 Å². The van der Waals surface area contributed by atoms with Crippen LogP contribution >= 0.6 is 11.3 Å². The average molecular weight is 664 g/mol. The van der Waals surface area contributed by atoms with Crippen LogP contribution in [0.1, 0.15) is 42.4 Å². The van der Waals surface area contributed by atoms with Crippen LogP contribution in [0, 0.1) is 0 Å². The molecular weight excluding hydrogens is 619 g/mol. The van der Waals surface area contributed by atoms with Crippen molar-refractivity contribution in [2.45, 2.75) is 70.6 Å². The maximum atomic E-state index is 14.3. The fraction of sp³-hybridized carbons (Fsp3) is 0.471. The number of fused-ring (bicyclic) bond motifs is 1. The van der Waals surface area contributed by atoms with E-state index in [-0.39, 0.29) is 30.8 Å². The molecule has 1 atom stereocenters. The number of imidazole rings is 1. The highest BCUT2D eigenvalue weighted by Crippen LogP contribution is 2.36. The van der Waals surface area contributed by atoms with Crippen LogP contribution < -0.4 is 9.64 Å². The van der Waals surface area contributed by atoms with Gasteiger partial charge in [-0.25, -0.2) is 14.8 Å². The molecule has 0 saturated carbocycles. The summed E-state index contributed by atoms with van der Waals surface area (Å²) in [4.78, 5) is 40.7. The van der Waals surface area contributed by atoms with E-state index in [1.54, 1.807) is 24.8 Å². The Morgan fingerprint density at radius 2 is 1.87 bits per heavy atom. The predicted octanol–water partition coefficient (Wildman–Crippen LogP) is 6.14. The van der Waals surface area contributed by atoms with Gasteiger partial charge in [-0.3, -0.25) is 9.36 Å². The van der Waals surface area contributed by atoms with Gasteiger partial charge < -0.3 is 24.4 Å². The number of amides is 1. The fourth-order valence-corrected chi connectivity index (χ4v) is 7.30. The van der Waals surface area contributed by atoms with Crippen molar-refractivity contribution in [2.75, 3.05) is 38.3 Å². The third kappa shape index (κ3) is 6.98. The standard InChI is InChI=1S/C34H45N5O5SSi/c1-33(2,3)26-13-12-24(18-29(26)43-4)30(40)39-15-14-37(21-34(39,31(41)42)19-25-20-45-22-35-25)32-36-27-10-8-9-11-28(27)38(32)23-44-16-17-46(5,6)7/h8-13,18,20,22H,14-17,19,21,23H2,1-7H3,(H,41,42). The number of hydrogen-bond acceptors (Lipinski definition) is 8. The number of carbonyl (C=O) groups is 2. The Labute approximate surface area is 276 Å². The molecule has 0 bridgehead atoms. The van der Waals surface area contributed by atoms with E-state index in [2.05, 4.69) is 45.4 Å². The number of methoxy groups -OCH3 is 1. The monoisotopic (exact) mass is 663 g/mol. The van der Waals surface area contributed by atoms with Crippen molar-refractivity contribution in [1.29, 1.82) is 0 Å². The summed E-state index contributed by atoms with van der Waals surface area (Å²) in [7, 11) is 0.302. The van der Waals surface area contributed by atoms with Gasteiger partial charge in [-0.05, 0) is 41.3 Å². The van der Waals surface area contributed by atoms with Gasteiger partial charge in [0.25, 0.3) is 5.91 Å². The summed E-state index contributed by atoms with van der Waals surface area (Å²) in [5.41, 5.74) is 3.56. The number of piperazine rings is 1. The van der Waals surface area contributed by atoms with Crippen LogP contribution in [0.2, 0.25) is 25.7 Å². The molecule has 0 radical (unpaired) electrons. The van der Waals surface area contributed by atoms with Gasteiger partial charge in [-0.2, -0.15) is 0 Å². The second kappa shape index (κ2) is 13.2. The largest absolute Gasteiger partial charge is 0.496 e. The topological polar surface area (TPSA) is 110 Å². The number of rotatable bonds is 11. The Morgan fingerprint density at radius 3 is 2.52 bits per heavy atom. The number of thiazole rings is 1. The van der Waals surface area contributed by atoms with E-state index in [1.165, 1.54) is 16.2 Å². The first-order valence-corrected chi connectivity index (χ1v) is 20.3. The van der Waals surface area contributed by atoms with Gasteiger partial charge >= 0.3 is 5.97 Å². The minimum Gasteiger partial charge on any atom is -0.496 e. The SMILES string of the molecule is COc1cc(C(=O)N2CCN(c3nc4ccccc4n3COCC[Si](C)(C)C)CC2(Cc2cscn2)C(=O)O)ccc1C(C)(C)C. The molecule has 2 aromatic carbocycles. The Hall–Kier alpha value is -3.74. The maximum Gasteiger partial charge on any atom is 0.331 e. The number of carbonyl (C=O) groups excluding carboxylic acids is 1. The van der Waals surface area contributed by atoms with Gasteiger partial charge in [0, 0.05) is 45.1 Å². The van der Waals surface area contributed by atoms with Crippen LogP contribution in [-0.2, 0) is 28.1 Å². The number of aromatic nitrogens is 3. The lowest BCUT2D eigenvalue weighted by Crippen LogP contribution is -2.69. The lowest BCUT2D eigenvalue weighted by molar-refractivity contribution is -0.150. The second-order valence-corrected chi connectivity index (χ2v) is 20.6. The first-order valence-electron chi connectivity index (χ1n) is 15.6. The highest BCUT2D eigenvalue weighted by atomic mass is 32.1. The number of benzene rings is 2. The summed E-state index contributed by atoms with van der Waals surface area (Å²) in [5.74, 6) is -0.230. The average Bonchev–Trinajstić information content (AvgIpc) is 3.65.